The smallest absolute Gasteiger partial charge is 0.280 e. The van der Waals surface area contributed by atoms with E-state index in [1.54, 1.807) is 25.3 Å². The van der Waals surface area contributed by atoms with E-state index in [2.05, 4.69) is 10.5 Å². The molecule has 0 aliphatic rings. The Morgan fingerprint density at radius 1 is 1.17 bits per heavy atom. The third kappa shape index (κ3) is 5.42. The molecule has 23 heavy (non-hydrogen) atoms. The number of aryl methyl sites for hydroxylation is 2. The van der Waals surface area contributed by atoms with Gasteiger partial charge in [-0.25, -0.2) is 5.43 Å². The number of nitrogens with one attached hydrogen (secondary N) is 1. The summed E-state index contributed by atoms with van der Waals surface area (Å²) in [6.45, 7) is 5.66. The van der Waals surface area contributed by atoms with Gasteiger partial charge >= 0.3 is 0 Å². The molecule has 0 bridgehead atoms. The highest BCUT2D eigenvalue weighted by Crippen LogP contribution is 2.17. The molecule has 0 radical (unpaired) electrons. The maximum absolute atomic E-state index is 12.0. The Morgan fingerprint density at radius 3 is 2.39 bits per heavy atom. The van der Waals surface area contributed by atoms with Crippen molar-refractivity contribution in [2.75, 3.05) is 0 Å². The number of ether oxygens (including phenoxy) is 1. The second-order valence-corrected chi connectivity index (χ2v) is 5.81. The van der Waals surface area contributed by atoms with E-state index in [-0.39, 0.29) is 5.91 Å². The number of halogens is 1. The molecule has 120 valence electrons. The molecule has 0 saturated heterocycles. The Kier molecular flexibility index (Phi) is 5.77. The van der Waals surface area contributed by atoms with E-state index in [0.29, 0.717) is 10.8 Å². The summed E-state index contributed by atoms with van der Waals surface area (Å²) in [6.07, 6.45) is 0.913. The van der Waals surface area contributed by atoms with Crippen molar-refractivity contribution in [3.05, 3.63) is 64.2 Å². The molecule has 0 spiro atoms. The van der Waals surface area contributed by atoms with Crippen LogP contribution in [0.1, 0.15) is 23.6 Å². The molecule has 1 amide bonds. The minimum Gasteiger partial charge on any atom is -0.481 e. The van der Waals surface area contributed by atoms with Crippen molar-refractivity contribution in [1.29, 1.82) is 0 Å². The summed E-state index contributed by atoms with van der Waals surface area (Å²) in [5, 5.41) is 4.58. The van der Waals surface area contributed by atoms with Crippen LogP contribution in [0.2, 0.25) is 5.02 Å². The van der Waals surface area contributed by atoms with Crippen LogP contribution in [-0.4, -0.2) is 18.2 Å². The fraction of sp³-hybridized carbons (Fsp3) is 0.222. The van der Waals surface area contributed by atoms with Crippen LogP contribution < -0.4 is 10.2 Å². The Labute approximate surface area is 141 Å². The first-order chi connectivity index (χ1) is 10.9. The van der Waals surface area contributed by atoms with Gasteiger partial charge in [0.1, 0.15) is 5.75 Å². The number of hydrogen-bond donors (Lipinski definition) is 1. The predicted octanol–water partition coefficient (Wildman–Crippen LogP) is 3.87. The van der Waals surface area contributed by atoms with Crippen LogP contribution in [0.5, 0.6) is 5.75 Å². The number of carbonyl (C=O) groups is 1. The molecular formula is C18H19ClN2O2. The van der Waals surface area contributed by atoms with Gasteiger partial charge in [0.15, 0.2) is 6.10 Å². The van der Waals surface area contributed by atoms with Crippen LogP contribution in [0.25, 0.3) is 0 Å². The minimum absolute atomic E-state index is 0.311. The minimum atomic E-state index is -0.640. The quantitative estimate of drug-likeness (QED) is 0.668. The van der Waals surface area contributed by atoms with Gasteiger partial charge in [0.2, 0.25) is 0 Å². The van der Waals surface area contributed by atoms with Crippen molar-refractivity contribution in [1.82, 2.24) is 5.43 Å². The molecule has 0 heterocycles. The lowest BCUT2D eigenvalue weighted by Crippen LogP contribution is -2.33. The first-order valence-electron chi connectivity index (χ1n) is 7.27. The number of hydrazone groups is 1. The summed E-state index contributed by atoms with van der Waals surface area (Å²) in [5.41, 5.74) is 5.49. The van der Waals surface area contributed by atoms with Crippen LogP contribution in [0.4, 0.5) is 0 Å². The van der Waals surface area contributed by atoms with Gasteiger partial charge in [0.25, 0.3) is 5.91 Å². The standard InChI is InChI=1S/C18H19ClN2O2/c1-12-8-13(2)10-17(9-12)23-14(3)18(22)21-20-11-15-4-6-16(19)7-5-15/h4-11,14H,1-3H3,(H,21,22). The van der Waals surface area contributed by atoms with E-state index in [0.717, 1.165) is 16.7 Å². The average Bonchev–Trinajstić information content (AvgIpc) is 2.48. The SMILES string of the molecule is Cc1cc(C)cc(OC(C)C(=O)NN=Cc2ccc(Cl)cc2)c1. The third-order valence-electron chi connectivity index (χ3n) is 3.14. The van der Waals surface area contributed by atoms with Gasteiger partial charge in [-0.2, -0.15) is 5.10 Å². The lowest BCUT2D eigenvalue weighted by Gasteiger charge is -2.14. The van der Waals surface area contributed by atoms with Gasteiger partial charge < -0.3 is 4.74 Å². The van der Waals surface area contributed by atoms with Crippen LogP contribution in [0, 0.1) is 13.8 Å². The molecule has 1 atom stereocenters. The molecule has 1 unspecified atom stereocenters. The highest BCUT2D eigenvalue weighted by molar-refractivity contribution is 6.30. The molecule has 2 aromatic carbocycles. The van der Waals surface area contributed by atoms with Crippen molar-refractivity contribution in [3.63, 3.8) is 0 Å². The maximum atomic E-state index is 12.0. The van der Waals surface area contributed by atoms with E-state index in [4.69, 9.17) is 16.3 Å². The topological polar surface area (TPSA) is 50.7 Å². The summed E-state index contributed by atoms with van der Waals surface area (Å²) in [6, 6.07) is 13.0. The van der Waals surface area contributed by atoms with Crippen LogP contribution in [0.3, 0.4) is 0 Å². The molecule has 0 aliphatic heterocycles. The van der Waals surface area contributed by atoms with E-state index in [1.165, 1.54) is 0 Å². The summed E-state index contributed by atoms with van der Waals surface area (Å²) < 4.78 is 5.65. The number of nitrogens with zero attached hydrogens (tertiary/aromatic N) is 1. The van der Waals surface area contributed by atoms with Gasteiger partial charge in [-0.05, 0) is 61.7 Å². The van der Waals surface area contributed by atoms with E-state index >= 15 is 0 Å². The fourth-order valence-corrected chi connectivity index (χ4v) is 2.19. The Balaban J connectivity index is 1.90. The normalized spacial score (nSPS) is 12.2. The Hall–Kier alpha value is -2.33. The number of amides is 1. The van der Waals surface area contributed by atoms with E-state index in [9.17, 15) is 4.79 Å². The molecule has 1 N–H and O–H groups in total. The van der Waals surface area contributed by atoms with Crippen LogP contribution >= 0.6 is 11.6 Å². The predicted molar refractivity (Wildman–Crippen MR) is 93.2 cm³/mol. The highest BCUT2D eigenvalue weighted by Gasteiger charge is 2.14. The monoisotopic (exact) mass is 330 g/mol. The lowest BCUT2D eigenvalue weighted by molar-refractivity contribution is -0.127. The number of carbonyl (C=O) groups excluding carboxylic acids is 1. The summed E-state index contributed by atoms with van der Waals surface area (Å²) in [7, 11) is 0. The second kappa shape index (κ2) is 7.79. The van der Waals surface area contributed by atoms with Crippen molar-refractivity contribution in [2.24, 2.45) is 5.10 Å². The molecule has 0 aromatic heterocycles. The van der Waals surface area contributed by atoms with Crippen molar-refractivity contribution in [3.8, 4) is 5.75 Å². The zero-order valence-electron chi connectivity index (χ0n) is 13.3. The Bertz CT molecular complexity index is 691. The second-order valence-electron chi connectivity index (χ2n) is 5.37. The molecule has 2 rings (SSSR count). The first kappa shape index (κ1) is 17.0. The van der Waals surface area contributed by atoms with Crippen molar-refractivity contribution >= 4 is 23.7 Å². The maximum Gasteiger partial charge on any atom is 0.280 e. The Morgan fingerprint density at radius 2 is 1.78 bits per heavy atom. The van der Waals surface area contributed by atoms with Crippen LogP contribution in [-0.2, 0) is 4.79 Å². The summed E-state index contributed by atoms with van der Waals surface area (Å²) in [4.78, 5) is 12.0. The van der Waals surface area contributed by atoms with E-state index < -0.39 is 6.10 Å². The van der Waals surface area contributed by atoms with Gasteiger partial charge in [0.05, 0.1) is 6.21 Å². The number of hydrogen-bond acceptors (Lipinski definition) is 3. The molecule has 0 fully saturated rings. The molecule has 5 heteroatoms. The van der Waals surface area contributed by atoms with Gasteiger partial charge in [-0.15, -0.1) is 0 Å². The largest absolute Gasteiger partial charge is 0.481 e. The number of benzene rings is 2. The van der Waals surface area contributed by atoms with E-state index in [1.807, 2.05) is 44.2 Å². The molecule has 0 aliphatic carbocycles. The van der Waals surface area contributed by atoms with Gasteiger partial charge in [-0.1, -0.05) is 29.8 Å². The fourth-order valence-electron chi connectivity index (χ4n) is 2.07. The summed E-state index contributed by atoms with van der Waals surface area (Å²) in [5.74, 6) is 0.362. The highest BCUT2D eigenvalue weighted by atomic mass is 35.5. The zero-order valence-corrected chi connectivity index (χ0v) is 14.1. The first-order valence-corrected chi connectivity index (χ1v) is 7.65. The molecular weight excluding hydrogens is 312 g/mol. The average molecular weight is 331 g/mol. The van der Waals surface area contributed by atoms with Crippen molar-refractivity contribution in [2.45, 2.75) is 26.9 Å². The van der Waals surface area contributed by atoms with Crippen LogP contribution in [0.15, 0.2) is 47.6 Å². The van der Waals surface area contributed by atoms with Crippen molar-refractivity contribution < 1.29 is 9.53 Å². The molecule has 2 aromatic rings. The summed E-state index contributed by atoms with van der Waals surface area (Å²) >= 11 is 5.81. The number of rotatable bonds is 5. The van der Waals surface area contributed by atoms with Gasteiger partial charge in [-0.3, -0.25) is 4.79 Å². The molecule has 0 saturated carbocycles. The lowest BCUT2D eigenvalue weighted by atomic mass is 10.1. The van der Waals surface area contributed by atoms with Gasteiger partial charge in [0, 0.05) is 5.02 Å². The third-order valence-corrected chi connectivity index (χ3v) is 3.39. The zero-order chi connectivity index (χ0) is 16.8. The molecule has 4 nitrogen and oxygen atoms in total.